The highest BCUT2D eigenvalue weighted by molar-refractivity contribution is 9.10. The van der Waals surface area contributed by atoms with Gasteiger partial charge in [-0.3, -0.25) is 4.52 Å². The first-order valence-corrected chi connectivity index (χ1v) is 15.6. The van der Waals surface area contributed by atoms with Crippen LogP contribution in [0.3, 0.4) is 0 Å². The minimum absolute atomic E-state index is 0.259. The summed E-state index contributed by atoms with van der Waals surface area (Å²) in [7, 11) is 1.04. The van der Waals surface area contributed by atoms with Crippen LogP contribution in [0.2, 0.25) is 20.1 Å². The van der Waals surface area contributed by atoms with Gasteiger partial charge in [-0.05, 0) is 24.3 Å². The van der Waals surface area contributed by atoms with Crippen LogP contribution in [-0.4, -0.2) is 0 Å². The van der Waals surface area contributed by atoms with Gasteiger partial charge in [-0.25, -0.2) is 0 Å². The number of halogens is 4. The lowest BCUT2D eigenvalue weighted by Crippen LogP contribution is -1.90. The van der Waals surface area contributed by atoms with Gasteiger partial charge < -0.3 is 4.52 Å². The van der Waals surface area contributed by atoms with Gasteiger partial charge in [0.15, 0.2) is 0 Å². The van der Waals surface area contributed by atoms with E-state index < -0.39 is 11.8 Å². The number of hydrogen-bond acceptors (Lipinski definition) is 6. The Morgan fingerprint density at radius 3 is 2.00 bits per heavy atom. The molecule has 2 nitrogen and oxygen atoms in total. The largest absolute Gasteiger partial charge is 0.465 e. The van der Waals surface area contributed by atoms with Crippen molar-refractivity contribution >= 4 is 104 Å². The Morgan fingerprint density at radius 2 is 1.46 bits per heavy atom. The fourth-order valence-electron chi connectivity index (χ4n) is 1.45. The predicted molar refractivity (Wildman–Crippen MR) is 119 cm³/mol. The third-order valence-corrected chi connectivity index (χ3v) is 20.7. The van der Waals surface area contributed by atoms with Crippen molar-refractivity contribution in [3.8, 4) is 11.5 Å². The van der Waals surface area contributed by atoms with Gasteiger partial charge in [-0.1, -0.05) is 70.2 Å². The van der Waals surface area contributed by atoms with Gasteiger partial charge in [-0.15, -0.1) is 0 Å². The van der Waals surface area contributed by atoms with E-state index in [4.69, 9.17) is 79.1 Å². The molecule has 0 amide bonds. The van der Waals surface area contributed by atoms with Crippen LogP contribution >= 0.6 is 80.2 Å². The lowest BCUT2D eigenvalue weighted by atomic mass is 10.3. The van der Waals surface area contributed by atoms with E-state index in [1.165, 1.54) is 0 Å². The highest BCUT2D eigenvalue weighted by Crippen LogP contribution is 2.79. The Balaban J connectivity index is 2.28. The summed E-state index contributed by atoms with van der Waals surface area (Å²) in [6.07, 6.45) is 0. The number of hydrogen-bond donors (Lipinski definition) is 1. The molecule has 0 aliphatic carbocycles. The molecule has 2 atom stereocenters. The smallest absolute Gasteiger partial charge is 0.419 e. The molecule has 24 heavy (non-hydrogen) atoms. The summed E-state index contributed by atoms with van der Waals surface area (Å²) < 4.78 is 11.6. The lowest BCUT2D eigenvalue weighted by molar-refractivity contribution is 0.617. The van der Waals surface area contributed by atoms with Crippen LogP contribution in [-0.2, 0) is 23.6 Å². The van der Waals surface area contributed by atoms with Gasteiger partial charge >= 0.3 is 11.8 Å². The zero-order chi connectivity index (χ0) is 17.9. The normalized spacial score (nSPS) is 14.0. The third kappa shape index (κ3) is 5.07. The first kappa shape index (κ1) is 21.4. The van der Waals surface area contributed by atoms with Gasteiger partial charge in [0, 0.05) is 22.2 Å². The molecule has 12 heteroatoms. The monoisotopic (exact) mass is 513 g/mol. The SMILES string of the molecule is S=[P+](Oc1cccc(Cl)c1Cl)P(=S)(Oc1cccc(Cl)c1Cl)SS. The standard InChI is InChI=1S/C12H6Cl4O2P2S4/c13-7-3-1-5-9(11(7)15)17-19(21)20(22,24-23)18-10-6-2-4-8(14)12(10)16/h1-6H/p+1. The van der Waals surface area contributed by atoms with E-state index in [0.717, 1.165) is 10.4 Å². The Morgan fingerprint density at radius 1 is 0.958 bits per heavy atom. The lowest BCUT2D eigenvalue weighted by Gasteiger charge is -2.13. The molecule has 0 saturated heterocycles. The molecule has 2 aromatic carbocycles. The Hall–Kier alpha value is 1.07. The van der Waals surface area contributed by atoms with Crippen LogP contribution in [0.15, 0.2) is 36.4 Å². The second-order valence-corrected chi connectivity index (χ2v) is 19.5. The minimum atomic E-state index is -2.73. The molecule has 0 spiro atoms. The van der Waals surface area contributed by atoms with Crippen molar-refractivity contribution in [1.82, 2.24) is 0 Å². The fraction of sp³-hybridized carbons (Fsp3) is 0. The van der Waals surface area contributed by atoms with Gasteiger partial charge in [0.25, 0.3) is 0 Å². The molecular formula is C12H7Cl4O2P2S4+. The zero-order valence-electron chi connectivity index (χ0n) is 11.4. The molecule has 0 bridgehead atoms. The highest BCUT2D eigenvalue weighted by atomic mass is 35.5. The summed E-state index contributed by atoms with van der Waals surface area (Å²) in [5, 5.41) is -1.49. The maximum atomic E-state index is 6.14. The van der Waals surface area contributed by atoms with Crippen LogP contribution < -0.4 is 9.05 Å². The summed E-state index contributed by atoms with van der Waals surface area (Å²) in [4.78, 5) is 0. The summed E-state index contributed by atoms with van der Waals surface area (Å²) in [5.74, 6) is 0.690. The zero-order valence-corrected chi connectivity index (χ0v) is 19.5. The summed E-state index contributed by atoms with van der Waals surface area (Å²) in [6, 6.07) is 10.0. The Bertz CT molecular complexity index is 837. The quantitative estimate of drug-likeness (QED) is 0.236. The second kappa shape index (κ2) is 9.32. The average Bonchev–Trinajstić information content (AvgIpc) is 2.56. The Labute approximate surface area is 179 Å². The molecule has 0 saturated carbocycles. The number of rotatable bonds is 6. The molecule has 0 heterocycles. The first-order valence-electron chi connectivity index (χ1n) is 5.95. The summed E-state index contributed by atoms with van der Waals surface area (Å²) in [5.41, 5.74) is 0. The maximum absolute atomic E-state index is 6.14. The third-order valence-electron chi connectivity index (χ3n) is 2.53. The van der Waals surface area contributed by atoms with E-state index in [9.17, 15) is 0 Å². The van der Waals surface area contributed by atoms with Crippen molar-refractivity contribution < 1.29 is 9.05 Å². The van der Waals surface area contributed by atoms with Gasteiger partial charge in [-0.2, -0.15) is 0 Å². The van der Waals surface area contributed by atoms with E-state index >= 15 is 0 Å². The van der Waals surface area contributed by atoms with Gasteiger partial charge in [0.1, 0.15) is 15.8 Å². The topological polar surface area (TPSA) is 18.5 Å². The Kier molecular flexibility index (Phi) is 8.30. The van der Waals surface area contributed by atoms with Crippen molar-refractivity contribution in [2.45, 2.75) is 0 Å². The highest BCUT2D eigenvalue weighted by Gasteiger charge is 2.42. The molecule has 0 radical (unpaired) electrons. The van der Waals surface area contributed by atoms with Crippen LogP contribution in [0.1, 0.15) is 0 Å². The number of thiol groups is 1. The molecule has 0 aromatic heterocycles. The molecule has 2 rings (SSSR count). The second-order valence-electron chi connectivity index (χ2n) is 4.07. The van der Waals surface area contributed by atoms with Gasteiger partial charge in [0.05, 0.1) is 10.0 Å². The van der Waals surface area contributed by atoms with Crippen LogP contribution in [0.5, 0.6) is 11.5 Å². The fourth-order valence-corrected chi connectivity index (χ4v) is 11.0. The van der Waals surface area contributed by atoms with E-state index in [0.29, 0.717) is 21.5 Å². The average molecular weight is 515 g/mol. The molecule has 2 unspecified atom stereocenters. The first-order chi connectivity index (χ1) is 11.3. The van der Waals surface area contributed by atoms with E-state index in [-0.39, 0.29) is 10.0 Å². The molecule has 0 N–H and O–H groups in total. The van der Waals surface area contributed by atoms with Crippen LogP contribution in [0.4, 0.5) is 0 Å². The van der Waals surface area contributed by atoms with Crippen molar-refractivity contribution in [3.05, 3.63) is 56.5 Å². The molecule has 0 aliphatic heterocycles. The van der Waals surface area contributed by atoms with Crippen molar-refractivity contribution in [2.24, 2.45) is 0 Å². The molecule has 2 aromatic rings. The summed E-state index contributed by atoms with van der Waals surface area (Å²) in [6.45, 7) is -1.65. The van der Waals surface area contributed by atoms with Crippen molar-refractivity contribution in [1.29, 1.82) is 0 Å². The van der Waals surface area contributed by atoms with E-state index in [1.807, 2.05) is 0 Å². The molecular weight excluding hydrogens is 508 g/mol. The predicted octanol–water partition coefficient (Wildman–Crippen LogP) is 8.42. The molecule has 0 fully saturated rings. The maximum Gasteiger partial charge on any atom is 0.465 e. The van der Waals surface area contributed by atoms with E-state index in [2.05, 4.69) is 11.7 Å². The van der Waals surface area contributed by atoms with Crippen molar-refractivity contribution in [2.75, 3.05) is 0 Å². The van der Waals surface area contributed by atoms with Gasteiger partial charge in [0.2, 0.25) is 17.6 Å². The van der Waals surface area contributed by atoms with Crippen molar-refractivity contribution in [3.63, 3.8) is 0 Å². The molecule has 128 valence electrons. The number of benzene rings is 2. The molecule has 0 aliphatic rings. The van der Waals surface area contributed by atoms with Crippen LogP contribution in [0.25, 0.3) is 0 Å². The summed E-state index contributed by atoms with van der Waals surface area (Å²) >= 11 is 39.5. The van der Waals surface area contributed by atoms with Crippen LogP contribution in [0, 0.1) is 0 Å². The minimum Gasteiger partial charge on any atom is -0.419 e. The van der Waals surface area contributed by atoms with E-state index in [1.54, 1.807) is 36.4 Å².